The molecular weight excluding hydrogens is 571 g/mol. The van der Waals surface area contributed by atoms with Gasteiger partial charge in [0.15, 0.2) is 0 Å². The molecule has 13 nitrogen and oxygen atoms in total. The Bertz CT molecular complexity index is 1620. The number of halogens is 2. The Kier molecular flexibility index (Phi) is 9.71. The van der Waals surface area contributed by atoms with Crippen LogP contribution in [0.25, 0.3) is 11.1 Å². The van der Waals surface area contributed by atoms with Gasteiger partial charge in [-0.05, 0) is 29.8 Å². The van der Waals surface area contributed by atoms with Crippen molar-refractivity contribution in [2.24, 2.45) is 0 Å². The molecule has 0 amide bonds. The average Bonchev–Trinajstić information content (AvgIpc) is 2.88. The van der Waals surface area contributed by atoms with Crippen molar-refractivity contribution in [3.05, 3.63) is 87.6 Å². The Morgan fingerprint density at radius 2 is 1.90 bits per heavy atom. The smallest absolute Gasteiger partial charge is 0.307 e. The third kappa shape index (κ3) is 8.45. The predicted octanol–water partition coefficient (Wildman–Crippen LogP) is 4.66. The molecule has 0 bridgehead atoms. The van der Waals surface area contributed by atoms with Gasteiger partial charge < -0.3 is 20.5 Å². The molecule has 0 aliphatic rings. The van der Waals surface area contributed by atoms with Crippen molar-refractivity contribution in [2.45, 2.75) is 6.61 Å². The molecule has 0 aliphatic carbocycles. The second-order valence-electron chi connectivity index (χ2n) is 7.87. The van der Waals surface area contributed by atoms with Crippen LogP contribution in [0.3, 0.4) is 0 Å². The first-order chi connectivity index (χ1) is 18.9. The highest BCUT2D eigenvalue weighted by molar-refractivity contribution is 7.85. The summed E-state index contributed by atoms with van der Waals surface area (Å²) in [5.41, 5.74) is 7.43. The van der Waals surface area contributed by atoms with E-state index in [1.165, 1.54) is 13.3 Å². The number of nitro benzene ring substituents is 1. The zero-order chi connectivity index (χ0) is 29.4. The van der Waals surface area contributed by atoms with E-state index in [0.717, 1.165) is 17.8 Å². The fraction of sp³-hybridized carbons (Fsp3) is 0.125. The Labute approximate surface area is 232 Å². The van der Waals surface area contributed by atoms with E-state index in [1.807, 2.05) is 18.2 Å². The second kappa shape index (κ2) is 13.0. The van der Waals surface area contributed by atoms with E-state index in [9.17, 15) is 22.9 Å². The monoisotopic (exact) mass is 592 g/mol. The van der Waals surface area contributed by atoms with Gasteiger partial charge in [0.2, 0.25) is 11.8 Å². The van der Waals surface area contributed by atoms with Crippen LogP contribution in [0.1, 0.15) is 5.69 Å². The minimum Gasteiger partial charge on any atom is -0.494 e. The van der Waals surface area contributed by atoms with E-state index in [-0.39, 0.29) is 29.8 Å². The molecule has 0 atom stereocenters. The van der Waals surface area contributed by atoms with Gasteiger partial charge in [0.05, 0.1) is 34.7 Å². The van der Waals surface area contributed by atoms with Crippen LogP contribution < -0.4 is 20.5 Å². The fourth-order valence-electron chi connectivity index (χ4n) is 3.17. The first-order valence-electron chi connectivity index (χ1n) is 11.0. The summed E-state index contributed by atoms with van der Waals surface area (Å²) >= 11 is 6.38. The molecule has 2 aromatic heterocycles. The molecule has 4 rings (SSSR count). The van der Waals surface area contributed by atoms with Crippen molar-refractivity contribution in [2.75, 3.05) is 24.4 Å². The number of hydrogen-bond acceptors (Lipinski definition) is 11. The molecule has 16 heteroatoms. The van der Waals surface area contributed by atoms with Crippen LogP contribution in [-0.2, 0) is 16.7 Å². The summed E-state index contributed by atoms with van der Waals surface area (Å²) in [5.74, 6) is -0.364. The lowest BCUT2D eigenvalue weighted by atomic mass is 10.1. The van der Waals surface area contributed by atoms with Gasteiger partial charge in [0.25, 0.3) is 10.1 Å². The lowest BCUT2D eigenvalue weighted by molar-refractivity contribution is -0.387. The van der Waals surface area contributed by atoms with Gasteiger partial charge in [0, 0.05) is 30.1 Å². The van der Waals surface area contributed by atoms with Crippen molar-refractivity contribution in [1.29, 1.82) is 0 Å². The van der Waals surface area contributed by atoms with Crippen LogP contribution in [0.5, 0.6) is 11.5 Å². The van der Waals surface area contributed by atoms with Crippen LogP contribution in [0.2, 0.25) is 5.02 Å². The molecule has 2 heterocycles. The summed E-state index contributed by atoms with van der Waals surface area (Å²) < 4.78 is 50.6. The van der Waals surface area contributed by atoms with Crippen molar-refractivity contribution in [3.63, 3.8) is 0 Å². The molecule has 0 aliphatic heterocycles. The van der Waals surface area contributed by atoms with Crippen molar-refractivity contribution >= 4 is 44.9 Å². The average molecular weight is 593 g/mol. The van der Waals surface area contributed by atoms with Crippen LogP contribution in [0.15, 0.2) is 60.9 Å². The third-order valence-electron chi connectivity index (χ3n) is 4.87. The Morgan fingerprint density at radius 3 is 2.48 bits per heavy atom. The van der Waals surface area contributed by atoms with Gasteiger partial charge in [-0.15, -0.1) is 0 Å². The molecule has 210 valence electrons. The summed E-state index contributed by atoms with van der Waals surface area (Å²) in [7, 11) is -2.36. The van der Waals surface area contributed by atoms with Gasteiger partial charge in [-0.2, -0.15) is 17.8 Å². The minimum absolute atomic E-state index is 0.0341. The Hall–Kier alpha value is -4.60. The maximum absolute atomic E-state index is 13.9. The van der Waals surface area contributed by atoms with Crippen LogP contribution in [0, 0.1) is 15.9 Å². The number of methoxy groups -OCH3 is 1. The van der Waals surface area contributed by atoms with Gasteiger partial charge >= 0.3 is 5.69 Å². The standard InChI is InChI=1S/C23H18ClFN6O4.CH4O3S/c1-34-21-9-17(25)19(31(32)33)10-18(21)29-23-28-11-15(22(26)30-23)13-5-6-20(16(24)8-13)35-12-14-4-2-3-7-27-14;1-5(2,3)4/h2-11H,12H2,1H3,(H3,26,28,29,30);1H3,(H,2,3,4). The first kappa shape index (κ1) is 29.9. The van der Waals surface area contributed by atoms with Gasteiger partial charge in [-0.1, -0.05) is 23.7 Å². The molecule has 0 spiro atoms. The SMILES string of the molecule is COc1cc(F)c([N+](=O)[O-])cc1Nc1ncc(-c2ccc(OCc3ccccn3)c(Cl)c2)c(N)n1.CS(=O)(=O)O. The Balaban J connectivity index is 0.000000810. The molecule has 40 heavy (non-hydrogen) atoms. The maximum Gasteiger partial charge on any atom is 0.307 e. The van der Waals surface area contributed by atoms with Crippen molar-refractivity contribution in [3.8, 4) is 22.6 Å². The predicted molar refractivity (Wildman–Crippen MR) is 146 cm³/mol. The number of benzene rings is 2. The number of rotatable bonds is 8. The zero-order valence-corrected chi connectivity index (χ0v) is 22.5. The van der Waals surface area contributed by atoms with E-state index in [1.54, 1.807) is 24.4 Å². The summed E-state index contributed by atoms with van der Waals surface area (Å²) in [5, 5.41) is 14.2. The lowest BCUT2D eigenvalue weighted by Crippen LogP contribution is -2.04. The number of nitrogens with two attached hydrogens (primary N) is 1. The van der Waals surface area contributed by atoms with Crippen molar-refractivity contribution in [1.82, 2.24) is 15.0 Å². The highest BCUT2D eigenvalue weighted by Gasteiger charge is 2.20. The quantitative estimate of drug-likeness (QED) is 0.146. The number of hydrogen-bond donors (Lipinski definition) is 3. The highest BCUT2D eigenvalue weighted by Crippen LogP contribution is 2.35. The number of nitrogens with one attached hydrogen (secondary N) is 1. The molecule has 4 aromatic rings. The highest BCUT2D eigenvalue weighted by atomic mass is 35.5. The summed E-state index contributed by atoms with van der Waals surface area (Å²) in [6.07, 6.45) is 3.86. The molecule has 0 saturated heterocycles. The fourth-order valence-corrected chi connectivity index (χ4v) is 3.40. The van der Waals surface area contributed by atoms with E-state index >= 15 is 0 Å². The van der Waals surface area contributed by atoms with E-state index < -0.39 is 26.5 Å². The van der Waals surface area contributed by atoms with Crippen molar-refractivity contribution < 1.29 is 31.8 Å². The molecule has 0 radical (unpaired) electrons. The Morgan fingerprint density at radius 1 is 1.18 bits per heavy atom. The normalized spacial score (nSPS) is 10.7. The number of aromatic nitrogens is 3. The zero-order valence-electron chi connectivity index (χ0n) is 20.9. The van der Waals surface area contributed by atoms with Gasteiger partial charge in [0.1, 0.15) is 23.9 Å². The topological polar surface area (TPSA) is 193 Å². The molecule has 0 fully saturated rings. The minimum atomic E-state index is -3.67. The number of nitrogen functional groups attached to an aromatic ring is 1. The van der Waals surface area contributed by atoms with Gasteiger partial charge in [-0.3, -0.25) is 19.7 Å². The number of ether oxygens (including phenoxy) is 2. The molecule has 2 aromatic carbocycles. The summed E-state index contributed by atoms with van der Waals surface area (Å²) in [4.78, 5) is 22.8. The second-order valence-corrected chi connectivity index (χ2v) is 9.74. The number of pyridine rings is 1. The number of anilines is 3. The maximum atomic E-state index is 13.9. The summed E-state index contributed by atoms with van der Waals surface area (Å²) in [6, 6.07) is 12.6. The van der Waals surface area contributed by atoms with E-state index in [4.69, 9.17) is 31.4 Å². The molecule has 4 N–H and O–H groups in total. The number of nitro groups is 1. The molecule has 0 saturated carbocycles. The van der Waals surface area contributed by atoms with Gasteiger partial charge in [-0.25, -0.2) is 4.98 Å². The third-order valence-corrected chi connectivity index (χ3v) is 5.17. The van der Waals surface area contributed by atoms with Crippen LogP contribution in [-0.4, -0.2) is 46.2 Å². The number of nitrogens with zero attached hydrogens (tertiary/aromatic N) is 4. The lowest BCUT2D eigenvalue weighted by Gasteiger charge is -2.13. The largest absolute Gasteiger partial charge is 0.494 e. The first-order valence-corrected chi connectivity index (χ1v) is 13.2. The molecular formula is C24H22ClFN6O7S. The van der Waals surface area contributed by atoms with Crippen LogP contribution >= 0.6 is 11.6 Å². The molecule has 0 unspecified atom stereocenters. The van der Waals surface area contributed by atoms with Crippen LogP contribution in [0.4, 0.5) is 27.5 Å². The van der Waals surface area contributed by atoms with E-state index in [2.05, 4.69) is 20.3 Å². The van der Waals surface area contributed by atoms with E-state index in [0.29, 0.717) is 28.2 Å². The summed E-state index contributed by atoms with van der Waals surface area (Å²) in [6.45, 7) is 0.260.